The summed E-state index contributed by atoms with van der Waals surface area (Å²) in [5.74, 6) is -1.05. The Morgan fingerprint density at radius 2 is 1.60 bits per heavy atom. The first-order valence-electron chi connectivity index (χ1n) is 12.3. The second kappa shape index (κ2) is 11.4. The van der Waals surface area contributed by atoms with Crippen molar-refractivity contribution in [1.82, 2.24) is 15.1 Å². The monoisotopic (exact) mass is 479 g/mol. The first-order valence-corrected chi connectivity index (χ1v) is 12.3. The smallest absolute Gasteiger partial charge is 0.407 e. The standard InChI is InChI=1S/C27H33N3O5/c1-2-3-12-24(26(33)30-15-13-29(14-16-30)17-25(31)32)28-27(34)35-18-23-21-10-6-4-8-19(21)20-9-5-7-11-22(20)23/h4-11,23-24H,2-3,12-18H2,1H3,(H,28,34)(H,31,32)/t24-/m0/s1. The molecule has 4 rings (SSSR count). The lowest BCUT2D eigenvalue weighted by atomic mass is 9.98. The molecule has 1 heterocycles. The van der Waals surface area contributed by atoms with Gasteiger partial charge in [-0.3, -0.25) is 14.5 Å². The SMILES string of the molecule is CCCC[C@H](NC(=O)OCC1c2ccccc2-c2ccccc21)C(=O)N1CCN(CC(=O)O)CC1. The minimum atomic E-state index is -0.873. The molecule has 1 fully saturated rings. The van der Waals surface area contributed by atoms with Crippen LogP contribution >= 0.6 is 0 Å². The van der Waals surface area contributed by atoms with Crippen molar-refractivity contribution >= 4 is 18.0 Å². The van der Waals surface area contributed by atoms with E-state index in [-0.39, 0.29) is 25.0 Å². The number of unbranched alkanes of at least 4 members (excludes halogenated alkanes) is 1. The lowest BCUT2D eigenvalue weighted by Crippen LogP contribution is -2.55. The van der Waals surface area contributed by atoms with E-state index in [0.29, 0.717) is 32.6 Å². The zero-order valence-electron chi connectivity index (χ0n) is 20.1. The van der Waals surface area contributed by atoms with Gasteiger partial charge in [0.25, 0.3) is 0 Å². The van der Waals surface area contributed by atoms with Crippen LogP contribution in [0.1, 0.15) is 43.2 Å². The summed E-state index contributed by atoms with van der Waals surface area (Å²) < 4.78 is 5.65. The number of carboxylic acids is 1. The molecule has 2 aromatic carbocycles. The number of nitrogens with zero attached hydrogens (tertiary/aromatic N) is 2. The number of ether oxygens (including phenoxy) is 1. The molecule has 1 saturated heterocycles. The molecule has 0 aromatic heterocycles. The number of rotatable bonds is 9. The van der Waals surface area contributed by atoms with Crippen LogP contribution in [-0.4, -0.2) is 78.2 Å². The average Bonchev–Trinajstić information content (AvgIpc) is 3.18. The van der Waals surface area contributed by atoms with E-state index in [0.717, 1.165) is 35.1 Å². The molecule has 1 aliphatic heterocycles. The van der Waals surface area contributed by atoms with Crippen molar-refractivity contribution in [2.24, 2.45) is 0 Å². The molecule has 1 atom stereocenters. The van der Waals surface area contributed by atoms with Gasteiger partial charge in [-0.15, -0.1) is 0 Å². The van der Waals surface area contributed by atoms with E-state index in [2.05, 4.69) is 29.6 Å². The second-order valence-electron chi connectivity index (χ2n) is 9.16. The zero-order valence-corrected chi connectivity index (χ0v) is 20.1. The third-order valence-corrected chi connectivity index (χ3v) is 6.82. The van der Waals surface area contributed by atoms with Crippen LogP contribution in [0, 0.1) is 0 Å². The minimum Gasteiger partial charge on any atom is -0.480 e. The highest BCUT2D eigenvalue weighted by atomic mass is 16.5. The van der Waals surface area contributed by atoms with E-state index >= 15 is 0 Å². The number of alkyl carbamates (subject to hydrolysis) is 1. The van der Waals surface area contributed by atoms with E-state index in [1.165, 1.54) is 0 Å². The number of aliphatic carboxylic acids is 1. The van der Waals surface area contributed by atoms with E-state index < -0.39 is 18.1 Å². The fraction of sp³-hybridized carbons (Fsp3) is 0.444. The first-order chi connectivity index (χ1) is 17.0. The molecule has 2 N–H and O–H groups in total. The van der Waals surface area contributed by atoms with Gasteiger partial charge in [-0.05, 0) is 28.7 Å². The molecular formula is C27H33N3O5. The number of carboxylic acid groups (broad SMARTS) is 1. The van der Waals surface area contributed by atoms with Crippen molar-refractivity contribution in [3.05, 3.63) is 59.7 Å². The average molecular weight is 480 g/mol. The van der Waals surface area contributed by atoms with Crippen molar-refractivity contribution < 1.29 is 24.2 Å². The van der Waals surface area contributed by atoms with Crippen molar-refractivity contribution in [3.8, 4) is 11.1 Å². The summed E-state index contributed by atoms with van der Waals surface area (Å²) in [6, 6.07) is 15.7. The van der Waals surface area contributed by atoms with E-state index in [1.54, 1.807) is 4.90 Å². The molecule has 2 aliphatic rings. The number of hydrogen-bond donors (Lipinski definition) is 2. The molecule has 2 aromatic rings. The van der Waals surface area contributed by atoms with Crippen LogP contribution in [0.25, 0.3) is 11.1 Å². The fourth-order valence-corrected chi connectivity index (χ4v) is 4.99. The fourth-order valence-electron chi connectivity index (χ4n) is 4.99. The largest absolute Gasteiger partial charge is 0.480 e. The summed E-state index contributed by atoms with van der Waals surface area (Å²) in [6.45, 7) is 4.11. The molecule has 35 heavy (non-hydrogen) atoms. The Morgan fingerprint density at radius 3 is 2.17 bits per heavy atom. The first kappa shape index (κ1) is 24.7. The van der Waals surface area contributed by atoms with Gasteiger partial charge in [0.2, 0.25) is 5.91 Å². The van der Waals surface area contributed by atoms with Gasteiger partial charge in [-0.1, -0.05) is 68.3 Å². The summed E-state index contributed by atoms with van der Waals surface area (Å²) in [6.07, 6.45) is 1.65. The number of carbonyl (C=O) groups excluding carboxylic acids is 2. The molecule has 2 amide bonds. The lowest BCUT2D eigenvalue weighted by Gasteiger charge is -2.35. The van der Waals surface area contributed by atoms with Gasteiger partial charge in [0.1, 0.15) is 12.6 Å². The van der Waals surface area contributed by atoms with Crippen LogP contribution < -0.4 is 5.32 Å². The predicted molar refractivity (Wildman–Crippen MR) is 132 cm³/mol. The van der Waals surface area contributed by atoms with Crippen LogP contribution in [0.5, 0.6) is 0 Å². The molecule has 1 aliphatic carbocycles. The maximum absolute atomic E-state index is 13.2. The predicted octanol–water partition coefficient (Wildman–Crippen LogP) is 3.31. The highest BCUT2D eigenvalue weighted by Crippen LogP contribution is 2.44. The summed E-state index contributed by atoms with van der Waals surface area (Å²) in [5.41, 5.74) is 4.60. The highest BCUT2D eigenvalue weighted by Gasteiger charge is 2.31. The molecule has 186 valence electrons. The second-order valence-corrected chi connectivity index (χ2v) is 9.16. The molecule has 0 saturated carbocycles. The van der Waals surface area contributed by atoms with Crippen LogP contribution in [0.2, 0.25) is 0 Å². The Bertz CT molecular complexity index is 1020. The summed E-state index contributed by atoms with van der Waals surface area (Å²) in [7, 11) is 0. The summed E-state index contributed by atoms with van der Waals surface area (Å²) in [4.78, 5) is 40.4. The van der Waals surface area contributed by atoms with Crippen molar-refractivity contribution in [2.75, 3.05) is 39.3 Å². The number of piperazine rings is 1. The van der Waals surface area contributed by atoms with Crippen LogP contribution in [0.4, 0.5) is 4.79 Å². The van der Waals surface area contributed by atoms with E-state index in [9.17, 15) is 14.4 Å². The molecule has 0 spiro atoms. The summed E-state index contributed by atoms with van der Waals surface area (Å²) in [5, 5.41) is 11.8. The Hall–Kier alpha value is -3.39. The van der Waals surface area contributed by atoms with Gasteiger partial charge in [0.05, 0.1) is 6.54 Å². The molecule has 0 bridgehead atoms. The van der Waals surface area contributed by atoms with Gasteiger partial charge in [-0.25, -0.2) is 4.79 Å². The van der Waals surface area contributed by atoms with E-state index in [1.807, 2.05) is 36.1 Å². The van der Waals surface area contributed by atoms with Crippen molar-refractivity contribution in [2.45, 2.75) is 38.1 Å². The maximum Gasteiger partial charge on any atom is 0.407 e. The Morgan fingerprint density at radius 1 is 1.00 bits per heavy atom. The number of nitrogens with one attached hydrogen (secondary N) is 1. The third-order valence-electron chi connectivity index (χ3n) is 6.82. The van der Waals surface area contributed by atoms with Crippen LogP contribution in [0.3, 0.4) is 0 Å². The van der Waals surface area contributed by atoms with Gasteiger partial charge >= 0.3 is 12.1 Å². The molecule has 8 nitrogen and oxygen atoms in total. The minimum absolute atomic E-state index is 0.0285. The van der Waals surface area contributed by atoms with Crippen LogP contribution in [0.15, 0.2) is 48.5 Å². The molecule has 8 heteroatoms. The quantitative estimate of drug-likeness (QED) is 0.573. The van der Waals surface area contributed by atoms with E-state index in [4.69, 9.17) is 9.84 Å². The number of amides is 2. The maximum atomic E-state index is 13.2. The number of carbonyl (C=O) groups is 3. The Labute approximate surface area is 205 Å². The normalized spacial score (nSPS) is 16.3. The highest BCUT2D eigenvalue weighted by molar-refractivity contribution is 5.86. The lowest BCUT2D eigenvalue weighted by molar-refractivity contribution is -0.139. The number of hydrogen-bond acceptors (Lipinski definition) is 5. The molecule has 0 radical (unpaired) electrons. The molecule has 0 unspecified atom stereocenters. The summed E-state index contributed by atoms with van der Waals surface area (Å²) >= 11 is 0. The number of benzene rings is 2. The van der Waals surface area contributed by atoms with Crippen molar-refractivity contribution in [3.63, 3.8) is 0 Å². The Balaban J connectivity index is 1.36. The molecular weight excluding hydrogens is 446 g/mol. The van der Waals surface area contributed by atoms with Gasteiger partial charge in [0, 0.05) is 32.1 Å². The van der Waals surface area contributed by atoms with Gasteiger partial charge in [0.15, 0.2) is 0 Å². The van der Waals surface area contributed by atoms with Crippen molar-refractivity contribution in [1.29, 1.82) is 0 Å². The van der Waals surface area contributed by atoms with Gasteiger partial charge in [-0.2, -0.15) is 0 Å². The Kier molecular flexibility index (Phi) is 8.02. The topological polar surface area (TPSA) is 99.2 Å². The van der Waals surface area contributed by atoms with Gasteiger partial charge < -0.3 is 20.1 Å². The third kappa shape index (κ3) is 5.82. The number of fused-ring (bicyclic) bond motifs is 3. The van der Waals surface area contributed by atoms with Crippen LogP contribution in [-0.2, 0) is 14.3 Å². The zero-order chi connectivity index (χ0) is 24.8.